The first-order chi connectivity index (χ1) is 8.94. The largest absolute Gasteiger partial charge is 0.496 e. The zero-order valence-electron chi connectivity index (χ0n) is 12.9. The molecule has 5 nitrogen and oxygen atoms in total. The molecule has 1 saturated heterocycles. The summed E-state index contributed by atoms with van der Waals surface area (Å²) in [7, 11) is -0.557. The molecule has 0 saturated carbocycles. The summed E-state index contributed by atoms with van der Waals surface area (Å²) in [5.41, 5.74) is -1.42. The van der Waals surface area contributed by atoms with Gasteiger partial charge in [0, 0.05) is 11.8 Å². The summed E-state index contributed by atoms with van der Waals surface area (Å²) in [6.07, 6.45) is 1.57. The number of aliphatic hydroxyl groups is 1. The Balaban J connectivity index is 2.40. The molecule has 0 aromatic carbocycles. The molecule has 0 unspecified atom stereocenters. The Kier molecular flexibility index (Phi) is 3.40. The van der Waals surface area contributed by atoms with Crippen LogP contribution in [-0.2, 0) is 14.9 Å². The quantitative estimate of drug-likeness (QED) is 0.789. The highest BCUT2D eigenvalue weighted by Crippen LogP contribution is 2.36. The SMILES string of the molecule is CC(C)(O)c1cc(B2OC(C)(C)C(C)(C)O2)c[nH]c1=O. The summed E-state index contributed by atoms with van der Waals surface area (Å²) in [4.78, 5) is 14.4. The summed E-state index contributed by atoms with van der Waals surface area (Å²) in [5, 5.41) is 10.0. The van der Waals surface area contributed by atoms with E-state index in [2.05, 4.69) is 4.98 Å². The molecule has 1 fully saturated rings. The third kappa shape index (κ3) is 2.55. The Hall–Kier alpha value is -1.11. The first-order valence-electron chi connectivity index (χ1n) is 6.75. The fourth-order valence-corrected chi connectivity index (χ4v) is 2.07. The van der Waals surface area contributed by atoms with Gasteiger partial charge in [-0.15, -0.1) is 0 Å². The van der Waals surface area contributed by atoms with E-state index in [9.17, 15) is 9.90 Å². The molecule has 6 heteroatoms. The van der Waals surface area contributed by atoms with Crippen molar-refractivity contribution in [3.63, 3.8) is 0 Å². The van der Waals surface area contributed by atoms with E-state index < -0.39 is 23.9 Å². The molecule has 2 N–H and O–H groups in total. The average Bonchev–Trinajstić information content (AvgIpc) is 2.47. The van der Waals surface area contributed by atoms with Crippen LogP contribution in [0.1, 0.15) is 47.1 Å². The van der Waals surface area contributed by atoms with Gasteiger partial charge in [0.05, 0.1) is 16.8 Å². The molecule has 0 bridgehead atoms. The van der Waals surface area contributed by atoms with Crippen molar-refractivity contribution < 1.29 is 14.4 Å². The smallest absolute Gasteiger partial charge is 0.399 e. The van der Waals surface area contributed by atoms with Crippen LogP contribution < -0.4 is 11.0 Å². The van der Waals surface area contributed by atoms with Crippen LogP contribution in [0.25, 0.3) is 0 Å². The lowest BCUT2D eigenvalue weighted by Crippen LogP contribution is -2.41. The standard InChI is InChI=1S/C14H22BNO4/c1-12(2,18)10-7-9(8-16-11(10)17)15-19-13(3,4)14(5,6)20-15/h7-8,18H,1-6H3,(H,16,17). The summed E-state index contributed by atoms with van der Waals surface area (Å²) in [5.74, 6) is 0. The molecule has 1 aromatic heterocycles. The minimum Gasteiger partial charge on any atom is -0.399 e. The average molecular weight is 279 g/mol. The minimum atomic E-state index is -1.22. The molecule has 1 aliphatic rings. The highest BCUT2D eigenvalue weighted by molar-refractivity contribution is 6.62. The molecular weight excluding hydrogens is 257 g/mol. The van der Waals surface area contributed by atoms with Gasteiger partial charge in [-0.2, -0.15) is 0 Å². The Morgan fingerprint density at radius 1 is 1.20 bits per heavy atom. The van der Waals surface area contributed by atoms with Crippen molar-refractivity contribution in [3.8, 4) is 0 Å². The van der Waals surface area contributed by atoms with Crippen molar-refractivity contribution in [3.05, 3.63) is 28.2 Å². The molecule has 0 radical (unpaired) electrons. The van der Waals surface area contributed by atoms with Gasteiger partial charge in [-0.25, -0.2) is 0 Å². The Bertz CT molecular complexity index is 555. The van der Waals surface area contributed by atoms with Crippen LogP contribution in [0, 0.1) is 0 Å². The zero-order valence-corrected chi connectivity index (χ0v) is 12.9. The molecule has 20 heavy (non-hydrogen) atoms. The summed E-state index contributed by atoms with van der Waals surface area (Å²) < 4.78 is 11.9. The molecule has 110 valence electrons. The normalized spacial score (nSPS) is 21.2. The van der Waals surface area contributed by atoms with Crippen molar-refractivity contribution >= 4 is 12.6 Å². The maximum Gasteiger partial charge on any atom is 0.496 e. The van der Waals surface area contributed by atoms with Crippen LogP contribution >= 0.6 is 0 Å². The van der Waals surface area contributed by atoms with E-state index in [4.69, 9.17) is 9.31 Å². The van der Waals surface area contributed by atoms with Gasteiger partial charge in [-0.3, -0.25) is 4.79 Å². The van der Waals surface area contributed by atoms with E-state index in [0.717, 1.165) is 0 Å². The van der Waals surface area contributed by atoms with E-state index in [1.807, 2.05) is 27.7 Å². The van der Waals surface area contributed by atoms with Crippen LogP contribution in [0.5, 0.6) is 0 Å². The zero-order chi connectivity index (χ0) is 15.3. The van der Waals surface area contributed by atoms with E-state index in [1.165, 1.54) is 0 Å². The topological polar surface area (TPSA) is 71.5 Å². The minimum absolute atomic E-state index is 0.296. The van der Waals surface area contributed by atoms with Gasteiger partial charge >= 0.3 is 7.12 Å². The summed E-state index contributed by atoms with van der Waals surface area (Å²) in [6.45, 7) is 11.0. The molecule has 0 amide bonds. The monoisotopic (exact) mass is 279 g/mol. The lowest BCUT2D eigenvalue weighted by Gasteiger charge is -2.32. The number of aromatic nitrogens is 1. The van der Waals surface area contributed by atoms with Crippen molar-refractivity contribution in [2.45, 2.75) is 58.3 Å². The van der Waals surface area contributed by atoms with Crippen LogP contribution in [0.15, 0.2) is 17.1 Å². The highest BCUT2D eigenvalue weighted by atomic mass is 16.7. The molecule has 2 heterocycles. The van der Waals surface area contributed by atoms with E-state index in [0.29, 0.717) is 11.0 Å². The van der Waals surface area contributed by atoms with Gasteiger partial charge < -0.3 is 19.4 Å². The van der Waals surface area contributed by atoms with Crippen molar-refractivity contribution in [1.82, 2.24) is 4.98 Å². The second-order valence-corrected chi connectivity index (χ2v) is 6.82. The highest BCUT2D eigenvalue weighted by Gasteiger charge is 2.51. The predicted molar refractivity (Wildman–Crippen MR) is 78.0 cm³/mol. The fraction of sp³-hybridized carbons (Fsp3) is 0.643. The number of aromatic amines is 1. The first-order valence-corrected chi connectivity index (χ1v) is 6.75. The third-order valence-corrected chi connectivity index (χ3v) is 4.11. The first kappa shape index (κ1) is 15.3. The summed E-state index contributed by atoms with van der Waals surface area (Å²) in [6, 6.07) is 1.64. The number of hydrogen-bond acceptors (Lipinski definition) is 4. The summed E-state index contributed by atoms with van der Waals surface area (Å²) >= 11 is 0. The lowest BCUT2D eigenvalue weighted by atomic mass is 9.78. The van der Waals surface area contributed by atoms with Gasteiger partial charge in [0.15, 0.2) is 0 Å². The van der Waals surface area contributed by atoms with Gasteiger partial charge in [0.25, 0.3) is 5.56 Å². The maximum absolute atomic E-state index is 11.8. The molecule has 2 rings (SSSR count). The molecule has 1 aromatic rings. The lowest BCUT2D eigenvalue weighted by molar-refractivity contribution is 0.00578. The molecule has 0 atom stereocenters. The number of nitrogens with one attached hydrogen (secondary N) is 1. The van der Waals surface area contributed by atoms with E-state index in [1.54, 1.807) is 26.1 Å². The van der Waals surface area contributed by atoms with E-state index in [-0.39, 0.29) is 5.56 Å². The fourth-order valence-electron chi connectivity index (χ4n) is 2.07. The Morgan fingerprint density at radius 2 is 1.70 bits per heavy atom. The second kappa shape index (κ2) is 4.45. The molecule has 1 aliphatic heterocycles. The third-order valence-electron chi connectivity index (χ3n) is 4.11. The number of H-pyrrole nitrogens is 1. The van der Waals surface area contributed by atoms with Crippen molar-refractivity contribution in [1.29, 1.82) is 0 Å². The van der Waals surface area contributed by atoms with Crippen LogP contribution in [0.4, 0.5) is 0 Å². The molecular formula is C14H22BNO4. The maximum atomic E-state index is 11.8. The Morgan fingerprint density at radius 3 is 2.15 bits per heavy atom. The molecule has 0 spiro atoms. The predicted octanol–water partition coefficient (Wildman–Crippen LogP) is 0.901. The number of pyridine rings is 1. The van der Waals surface area contributed by atoms with Crippen molar-refractivity contribution in [2.24, 2.45) is 0 Å². The van der Waals surface area contributed by atoms with Gasteiger partial charge in [-0.1, -0.05) is 0 Å². The van der Waals surface area contributed by atoms with Gasteiger partial charge in [-0.05, 0) is 53.1 Å². The molecule has 0 aliphatic carbocycles. The number of rotatable bonds is 2. The van der Waals surface area contributed by atoms with Crippen LogP contribution in [-0.4, -0.2) is 28.4 Å². The van der Waals surface area contributed by atoms with Gasteiger partial charge in [0.1, 0.15) is 0 Å². The van der Waals surface area contributed by atoms with Crippen LogP contribution in [0.2, 0.25) is 0 Å². The van der Waals surface area contributed by atoms with Gasteiger partial charge in [0.2, 0.25) is 0 Å². The number of hydrogen-bond donors (Lipinski definition) is 2. The van der Waals surface area contributed by atoms with E-state index >= 15 is 0 Å². The van der Waals surface area contributed by atoms with Crippen LogP contribution in [0.3, 0.4) is 0 Å². The second-order valence-electron chi connectivity index (χ2n) is 6.82. The Labute approximate surface area is 119 Å². The van der Waals surface area contributed by atoms with Crippen molar-refractivity contribution in [2.75, 3.05) is 0 Å².